The molecule has 1 aromatic rings. The molecule has 0 bridgehead atoms. The number of alkyl halides is 1. The minimum absolute atomic E-state index is 0. The van der Waals surface area contributed by atoms with Crippen LogP contribution >= 0.6 is 24.0 Å². The van der Waals surface area contributed by atoms with Crippen molar-refractivity contribution in [3.63, 3.8) is 0 Å². The molecule has 0 fully saturated rings. The molecule has 0 radical (unpaired) electrons. The SMILES string of the molecule is Cc1cc([C@H](N)CCF)ccc1Cl.Cl. The van der Waals surface area contributed by atoms with Crippen LogP contribution < -0.4 is 5.73 Å². The van der Waals surface area contributed by atoms with E-state index in [2.05, 4.69) is 0 Å². The van der Waals surface area contributed by atoms with Gasteiger partial charge in [0, 0.05) is 11.1 Å². The van der Waals surface area contributed by atoms with E-state index in [0.717, 1.165) is 16.1 Å². The summed E-state index contributed by atoms with van der Waals surface area (Å²) in [5.41, 5.74) is 7.67. The van der Waals surface area contributed by atoms with Gasteiger partial charge in [0.25, 0.3) is 0 Å². The van der Waals surface area contributed by atoms with Crippen LogP contribution in [-0.2, 0) is 0 Å². The van der Waals surface area contributed by atoms with E-state index in [4.69, 9.17) is 17.3 Å². The molecule has 0 aliphatic heterocycles. The largest absolute Gasteiger partial charge is 0.324 e. The Morgan fingerprint density at radius 2 is 2.14 bits per heavy atom. The fourth-order valence-electron chi connectivity index (χ4n) is 1.18. The van der Waals surface area contributed by atoms with Crippen molar-refractivity contribution in [1.82, 2.24) is 0 Å². The minimum atomic E-state index is -0.386. The number of hydrogen-bond acceptors (Lipinski definition) is 1. The summed E-state index contributed by atoms with van der Waals surface area (Å²) in [6.07, 6.45) is 0.362. The van der Waals surface area contributed by atoms with Gasteiger partial charge in [0.15, 0.2) is 0 Å². The summed E-state index contributed by atoms with van der Waals surface area (Å²) >= 11 is 5.85. The molecular formula is C10H14Cl2FN. The van der Waals surface area contributed by atoms with Gasteiger partial charge in [-0.25, -0.2) is 0 Å². The normalized spacial score (nSPS) is 12.0. The first-order chi connectivity index (χ1) is 6.15. The minimum Gasteiger partial charge on any atom is -0.324 e. The second-order valence-corrected chi connectivity index (χ2v) is 3.50. The Kier molecular flexibility index (Phi) is 6.09. The third-order valence-electron chi connectivity index (χ3n) is 2.03. The van der Waals surface area contributed by atoms with E-state index < -0.39 is 0 Å². The predicted molar refractivity (Wildman–Crippen MR) is 61.0 cm³/mol. The van der Waals surface area contributed by atoms with Crippen LogP contribution in [0.5, 0.6) is 0 Å². The van der Waals surface area contributed by atoms with Gasteiger partial charge in [-0.15, -0.1) is 12.4 Å². The lowest BCUT2D eigenvalue weighted by Crippen LogP contribution is -2.10. The molecule has 1 atom stereocenters. The molecule has 1 aromatic carbocycles. The van der Waals surface area contributed by atoms with Crippen molar-refractivity contribution in [3.8, 4) is 0 Å². The second-order valence-electron chi connectivity index (χ2n) is 3.09. The molecule has 2 N–H and O–H groups in total. The molecule has 14 heavy (non-hydrogen) atoms. The van der Waals surface area contributed by atoms with Crippen molar-refractivity contribution in [2.75, 3.05) is 6.67 Å². The molecule has 1 nitrogen and oxygen atoms in total. The highest BCUT2D eigenvalue weighted by Crippen LogP contribution is 2.21. The molecule has 0 spiro atoms. The van der Waals surface area contributed by atoms with E-state index in [9.17, 15) is 4.39 Å². The van der Waals surface area contributed by atoms with Gasteiger partial charge in [-0.05, 0) is 30.5 Å². The van der Waals surface area contributed by atoms with Gasteiger partial charge >= 0.3 is 0 Å². The van der Waals surface area contributed by atoms with Crippen LogP contribution in [0.1, 0.15) is 23.6 Å². The highest BCUT2D eigenvalue weighted by Gasteiger charge is 2.06. The zero-order valence-electron chi connectivity index (χ0n) is 7.97. The van der Waals surface area contributed by atoms with E-state index >= 15 is 0 Å². The third kappa shape index (κ3) is 3.45. The van der Waals surface area contributed by atoms with Gasteiger partial charge in [-0.1, -0.05) is 23.7 Å². The van der Waals surface area contributed by atoms with Crippen molar-refractivity contribution < 1.29 is 4.39 Å². The number of halogens is 3. The number of benzene rings is 1. The van der Waals surface area contributed by atoms with Crippen molar-refractivity contribution in [2.45, 2.75) is 19.4 Å². The Morgan fingerprint density at radius 1 is 1.50 bits per heavy atom. The summed E-state index contributed by atoms with van der Waals surface area (Å²) in [5.74, 6) is 0. The van der Waals surface area contributed by atoms with Crippen molar-refractivity contribution in [2.24, 2.45) is 5.73 Å². The molecule has 0 saturated heterocycles. The first kappa shape index (κ1) is 13.7. The average Bonchev–Trinajstić information content (AvgIpc) is 2.10. The first-order valence-corrected chi connectivity index (χ1v) is 4.60. The highest BCUT2D eigenvalue weighted by molar-refractivity contribution is 6.31. The summed E-state index contributed by atoms with van der Waals surface area (Å²) in [6.45, 7) is 1.52. The quantitative estimate of drug-likeness (QED) is 0.857. The summed E-state index contributed by atoms with van der Waals surface area (Å²) in [6, 6.07) is 5.32. The molecule has 80 valence electrons. The maximum Gasteiger partial charge on any atom is 0.0912 e. The Morgan fingerprint density at radius 3 is 2.64 bits per heavy atom. The standard InChI is InChI=1S/C10H13ClFN.ClH/c1-7-6-8(2-3-9(7)11)10(13)4-5-12;/h2-3,6,10H,4-5,13H2,1H3;1H/t10-;/m1./s1. The van der Waals surface area contributed by atoms with Crippen LogP contribution in [0.3, 0.4) is 0 Å². The molecule has 1 rings (SSSR count). The van der Waals surface area contributed by atoms with E-state index in [1.807, 2.05) is 19.1 Å². The lowest BCUT2D eigenvalue weighted by molar-refractivity contribution is 0.442. The molecular weight excluding hydrogens is 224 g/mol. The number of rotatable bonds is 3. The maximum absolute atomic E-state index is 12.0. The Bertz CT molecular complexity index is 291. The van der Waals surface area contributed by atoms with Crippen LogP contribution in [0.4, 0.5) is 4.39 Å². The van der Waals surface area contributed by atoms with Crippen LogP contribution in [-0.4, -0.2) is 6.67 Å². The fraction of sp³-hybridized carbons (Fsp3) is 0.400. The molecule has 0 heterocycles. The summed E-state index contributed by atoms with van der Waals surface area (Å²) in [5, 5.41) is 0.719. The maximum atomic E-state index is 12.0. The average molecular weight is 238 g/mol. The monoisotopic (exact) mass is 237 g/mol. The van der Waals surface area contributed by atoms with Crippen LogP contribution in [0.15, 0.2) is 18.2 Å². The lowest BCUT2D eigenvalue weighted by atomic mass is 10.0. The second kappa shape index (κ2) is 6.23. The number of aryl methyl sites for hydroxylation is 1. The van der Waals surface area contributed by atoms with Gasteiger partial charge in [-0.2, -0.15) is 0 Å². The highest BCUT2D eigenvalue weighted by atomic mass is 35.5. The van der Waals surface area contributed by atoms with Crippen molar-refractivity contribution in [1.29, 1.82) is 0 Å². The first-order valence-electron chi connectivity index (χ1n) is 4.22. The topological polar surface area (TPSA) is 26.0 Å². The van der Waals surface area contributed by atoms with Gasteiger partial charge in [0.1, 0.15) is 0 Å². The Hall–Kier alpha value is -0.310. The number of hydrogen-bond donors (Lipinski definition) is 1. The predicted octanol–water partition coefficient (Wildman–Crippen LogP) is 3.43. The van der Waals surface area contributed by atoms with Crippen LogP contribution in [0, 0.1) is 6.92 Å². The molecule has 0 amide bonds. The van der Waals surface area contributed by atoms with Crippen molar-refractivity contribution >= 4 is 24.0 Å². The lowest BCUT2D eigenvalue weighted by Gasteiger charge is -2.10. The smallest absolute Gasteiger partial charge is 0.0912 e. The Labute approximate surface area is 94.9 Å². The van der Waals surface area contributed by atoms with E-state index in [1.165, 1.54) is 0 Å². The van der Waals surface area contributed by atoms with Crippen LogP contribution in [0.25, 0.3) is 0 Å². The summed E-state index contributed by atoms with van der Waals surface area (Å²) in [7, 11) is 0. The molecule has 0 aliphatic rings. The zero-order chi connectivity index (χ0) is 9.84. The third-order valence-corrected chi connectivity index (χ3v) is 2.45. The van der Waals surface area contributed by atoms with Crippen LogP contribution in [0.2, 0.25) is 5.02 Å². The molecule has 4 heteroatoms. The van der Waals surface area contributed by atoms with E-state index in [-0.39, 0.29) is 25.1 Å². The molecule has 0 aromatic heterocycles. The van der Waals surface area contributed by atoms with Crippen molar-refractivity contribution in [3.05, 3.63) is 34.3 Å². The van der Waals surface area contributed by atoms with E-state index in [0.29, 0.717) is 6.42 Å². The molecule has 0 saturated carbocycles. The van der Waals surface area contributed by atoms with Gasteiger partial charge < -0.3 is 5.73 Å². The fourth-order valence-corrected chi connectivity index (χ4v) is 1.30. The van der Waals surface area contributed by atoms with Gasteiger partial charge in [0.05, 0.1) is 6.67 Å². The van der Waals surface area contributed by atoms with Gasteiger partial charge in [-0.3, -0.25) is 4.39 Å². The summed E-state index contributed by atoms with van der Waals surface area (Å²) in [4.78, 5) is 0. The molecule has 0 unspecified atom stereocenters. The summed E-state index contributed by atoms with van der Waals surface area (Å²) < 4.78 is 12.0. The Balaban J connectivity index is 0.00000169. The molecule has 0 aliphatic carbocycles. The zero-order valence-corrected chi connectivity index (χ0v) is 9.54. The van der Waals surface area contributed by atoms with Gasteiger partial charge in [0.2, 0.25) is 0 Å². The number of nitrogens with two attached hydrogens (primary N) is 1. The van der Waals surface area contributed by atoms with E-state index in [1.54, 1.807) is 6.07 Å².